The quantitative estimate of drug-likeness (QED) is 0.164. The molecule has 0 N–H and O–H groups in total. The Bertz CT molecular complexity index is 2310. The summed E-state index contributed by atoms with van der Waals surface area (Å²) >= 11 is 11.7. The zero-order valence-corrected chi connectivity index (χ0v) is 32.8. The van der Waals surface area contributed by atoms with Crippen molar-refractivity contribution in [2.75, 3.05) is 0 Å². The van der Waals surface area contributed by atoms with Crippen LogP contribution in [-0.2, 0) is 5.41 Å². The number of thiophene rings is 1. The van der Waals surface area contributed by atoms with E-state index in [1.165, 1.54) is 37.1 Å². The van der Waals surface area contributed by atoms with E-state index < -0.39 is 11.6 Å². The number of halogens is 1. The lowest BCUT2D eigenvalue weighted by molar-refractivity contribution is 0.237. The van der Waals surface area contributed by atoms with Gasteiger partial charge in [-0.2, -0.15) is 0 Å². The lowest BCUT2D eigenvalue weighted by atomic mass is 9.77. The summed E-state index contributed by atoms with van der Waals surface area (Å²) in [5.74, 6) is 0.660. The van der Waals surface area contributed by atoms with Gasteiger partial charge >= 0.3 is 0 Å². The summed E-state index contributed by atoms with van der Waals surface area (Å²) in [7, 11) is 0. The van der Waals surface area contributed by atoms with E-state index in [2.05, 4.69) is 124 Å². The van der Waals surface area contributed by atoms with Gasteiger partial charge in [0.1, 0.15) is 6.17 Å². The Morgan fingerprint density at radius 3 is 2.16 bits per heavy atom. The average molecular weight is 752 g/mol. The molecular formula is C41H38FN3S5. The van der Waals surface area contributed by atoms with Crippen LogP contribution in [0, 0.1) is 0 Å². The molecule has 9 heteroatoms. The number of alkyl halides is 1. The first kappa shape index (κ1) is 35.2. The molecule has 8 rings (SSSR count). The molecule has 0 fully saturated rings. The predicted octanol–water partition coefficient (Wildman–Crippen LogP) is 13.8. The van der Waals surface area contributed by atoms with Crippen molar-refractivity contribution < 1.29 is 4.39 Å². The molecule has 2 aromatic heterocycles. The molecular weight excluding hydrogens is 714 g/mol. The third-order valence-corrected chi connectivity index (χ3v) is 14.2. The van der Waals surface area contributed by atoms with Crippen LogP contribution in [0.4, 0.5) is 4.39 Å². The largest absolute Gasteiger partial charge is 0.247 e. The van der Waals surface area contributed by atoms with Gasteiger partial charge in [-0.3, -0.25) is 0 Å². The monoisotopic (exact) mass is 751 g/mol. The number of hydrogen-bond acceptors (Lipinski definition) is 7. The van der Waals surface area contributed by atoms with Gasteiger partial charge in [-0.1, -0.05) is 124 Å². The Morgan fingerprint density at radius 1 is 0.820 bits per heavy atom. The number of nitrogens with zero attached hydrogens (tertiary/aromatic N) is 3. The molecule has 0 amide bonds. The van der Waals surface area contributed by atoms with Crippen molar-refractivity contribution in [3.8, 4) is 17.1 Å². The lowest BCUT2D eigenvalue weighted by Gasteiger charge is -2.30. The highest BCUT2D eigenvalue weighted by Gasteiger charge is 2.35. The summed E-state index contributed by atoms with van der Waals surface area (Å²) in [6, 6.07) is 36.0. The van der Waals surface area contributed by atoms with Crippen LogP contribution in [0.25, 0.3) is 37.2 Å². The van der Waals surface area contributed by atoms with Crippen LogP contribution in [-0.4, -0.2) is 20.9 Å². The molecule has 3 nitrogen and oxygen atoms in total. The number of hydrogen-bond donors (Lipinski definition) is 1. The standard InChI is InChI=1S/C37H28FN3S5.C4H10/c1-21(38)37(2,3)25-20-31(43-23-11-5-4-6-12-23)34-32(24-13-7-8-14-26(24)46-34)33(25)35-39-36(42)40-41(35)22-17-18-29-30(19-22)45-28-16-10-9-15-27(28)44-29;1-3-4-2/h4-21H,1-3H3,(H,40,42);3-4H2,1-2H3/t21-;/m1./s1. The molecule has 7 aromatic rings. The highest BCUT2D eigenvalue weighted by molar-refractivity contribution is 8.05. The van der Waals surface area contributed by atoms with E-state index in [4.69, 9.17) is 10.1 Å². The molecule has 1 aliphatic rings. The van der Waals surface area contributed by atoms with Crippen molar-refractivity contribution in [1.82, 2.24) is 14.8 Å². The summed E-state index contributed by atoms with van der Waals surface area (Å²) in [4.78, 5) is 12.1. The summed E-state index contributed by atoms with van der Waals surface area (Å²) in [5.41, 5.74) is 1.87. The van der Waals surface area contributed by atoms with Crippen LogP contribution >= 0.6 is 59.3 Å². The zero-order chi connectivity index (χ0) is 35.0. The summed E-state index contributed by atoms with van der Waals surface area (Å²) in [6.07, 6.45) is 1.52. The second kappa shape index (κ2) is 14.8. The summed E-state index contributed by atoms with van der Waals surface area (Å²) in [6.45, 7) is 9.98. The van der Waals surface area contributed by atoms with Gasteiger partial charge < -0.3 is 0 Å². The van der Waals surface area contributed by atoms with E-state index in [0.717, 1.165) is 42.1 Å². The van der Waals surface area contributed by atoms with Gasteiger partial charge in [-0.15, -0.1) is 29.1 Å². The van der Waals surface area contributed by atoms with Crippen molar-refractivity contribution >= 4 is 79.4 Å². The maximum atomic E-state index is 15.7. The van der Waals surface area contributed by atoms with Crippen LogP contribution < -0.4 is 0 Å². The minimum Gasteiger partial charge on any atom is -0.247 e. The molecule has 0 saturated carbocycles. The highest BCUT2D eigenvalue weighted by Crippen LogP contribution is 2.52. The van der Waals surface area contributed by atoms with Crippen LogP contribution in [0.5, 0.6) is 0 Å². The first-order valence-corrected chi connectivity index (χ1v) is 20.5. The number of aromatic nitrogens is 3. The first-order chi connectivity index (χ1) is 24.2. The fourth-order valence-corrected chi connectivity index (χ4v) is 10.5. The maximum absolute atomic E-state index is 15.7. The van der Waals surface area contributed by atoms with E-state index in [9.17, 15) is 0 Å². The normalized spacial score (nSPS) is 13.1. The lowest BCUT2D eigenvalue weighted by Crippen LogP contribution is -2.29. The highest BCUT2D eigenvalue weighted by atomic mass is 32.2. The van der Waals surface area contributed by atoms with Crippen molar-refractivity contribution in [3.63, 3.8) is 0 Å². The Balaban J connectivity index is 0.000000932. The first-order valence-electron chi connectivity index (χ1n) is 16.8. The van der Waals surface area contributed by atoms with Crippen LogP contribution in [0.15, 0.2) is 138 Å². The van der Waals surface area contributed by atoms with Gasteiger partial charge in [-0.25, -0.2) is 14.1 Å². The molecule has 0 saturated heterocycles. The van der Waals surface area contributed by atoms with E-state index in [0.29, 0.717) is 11.0 Å². The Hall–Kier alpha value is -3.21. The number of benzene rings is 5. The van der Waals surface area contributed by atoms with Crippen molar-refractivity contribution in [2.45, 2.75) is 93.6 Å². The van der Waals surface area contributed by atoms with Gasteiger partial charge in [-0.05, 0) is 67.1 Å². The maximum Gasteiger partial charge on any atom is 0.206 e. The smallest absolute Gasteiger partial charge is 0.206 e. The molecule has 1 aliphatic heterocycles. The minimum absolute atomic E-state index is 0.368. The van der Waals surface area contributed by atoms with E-state index in [-0.39, 0.29) is 0 Å². The Morgan fingerprint density at radius 2 is 1.46 bits per heavy atom. The van der Waals surface area contributed by atoms with Gasteiger partial charge in [0.15, 0.2) is 5.82 Å². The molecule has 0 aliphatic carbocycles. The molecule has 0 spiro atoms. The van der Waals surface area contributed by atoms with Gasteiger partial charge in [0, 0.05) is 55.8 Å². The fraction of sp³-hybridized carbons (Fsp3) is 0.220. The topological polar surface area (TPSA) is 30.7 Å². The molecule has 3 heterocycles. The number of unbranched alkanes of at least 4 members (excludes halogenated alkanes) is 1. The fourth-order valence-electron chi connectivity index (χ4n) is 5.81. The second-order valence-electron chi connectivity index (χ2n) is 12.8. The Labute approximate surface area is 315 Å². The summed E-state index contributed by atoms with van der Waals surface area (Å²) in [5, 5.41) is 7.41. The Kier molecular flexibility index (Phi) is 10.4. The molecule has 5 aromatic carbocycles. The van der Waals surface area contributed by atoms with Crippen LogP contribution in [0.1, 0.15) is 53.0 Å². The third-order valence-electron chi connectivity index (χ3n) is 9.05. The van der Waals surface area contributed by atoms with E-state index >= 15 is 4.39 Å². The van der Waals surface area contributed by atoms with Crippen molar-refractivity contribution in [3.05, 3.63) is 109 Å². The van der Waals surface area contributed by atoms with Crippen molar-refractivity contribution in [1.29, 1.82) is 0 Å². The number of thiol groups is 1. The van der Waals surface area contributed by atoms with Crippen LogP contribution in [0.3, 0.4) is 0 Å². The average Bonchev–Trinajstić information content (AvgIpc) is 3.72. The molecule has 254 valence electrons. The number of fused-ring (bicyclic) bond motifs is 5. The van der Waals surface area contributed by atoms with Gasteiger partial charge in [0.05, 0.1) is 10.4 Å². The third kappa shape index (κ3) is 6.75. The van der Waals surface area contributed by atoms with Crippen LogP contribution in [0.2, 0.25) is 0 Å². The molecule has 0 radical (unpaired) electrons. The van der Waals surface area contributed by atoms with Gasteiger partial charge in [0.2, 0.25) is 5.16 Å². The minimum atomic E-state index is -1.12. The van der Waals surface area contributed by atoms with Crippen molar-refractivity contribution in [2.24, 2.45) is 0 Å². The summed E-state index contributed by atoms with van der Waals surface area (Å²) < 4.78 is 20.0. The van der Waals surface area contributed by atoms with E-state index in [1.807, 2.05) is 24.6 Å². The molecule has 50 heavy (non-hydrogen) atoms. The number of rotatable bonds is 7. The molecule has 1 atom stereocenters. The SMILES string of the molecule is CCCC.C[C@@H](F)C(C)(C)c1cc(Sc2ccccc2)c2sc3ccccc3c2c1-c1nc(S)nn1-c1ccc2c(c1)Sc1ccccc1S2. The zero-order valence-electron chi connectivity index (χ0n) is 28.6. The predicted molar refractivity (Wildman–Crippen MR) is 216 cm³/mol. The van der Waals surface area contributed by atoms with Gasteiger partial charge in [0.25, 0.3) is 0 Å². The second-order valence-corrected chi connectivity index (χ2v) is 17.5. The molecule has 0 unspecified atom stereocenters. The molecule has 0 bridgehead atoms. The van der Waals surface area contributed by atoms with E-state index in [1.54, 1.807) is 53.5 Å².